The predicted octanol–water partition coefficient (Wildman–Crippen LogP) is 11.7. The van der Waals surface area contributed by atoms with Crippen LogP contribution in [-0.4, -0.2) is 26.4 Å². The summed E-state index contributed by atoms with van der Waals surface area (Å²) in [5.74, 6) is -3.28. The molecule has 4 aliphatic rings. The lowest BCUT2D eigenvalue weighted by molar-refractivity contribution is -0.0306. The van der Waals surface area contributed by atoms with Gasteiger partial charge in [-0.1, -0.05) is 106 Å². The van der Waals surface area contributed by atoms with E-state index in [2.05, 4.69) is 9.37 Å². The highest BCUT2D eigenvalue weighted by Crippen LogP contribution is 2.85. The summed E-state index contributed by atoms with van der Waals surface area (Å²) in [6.45, 7) is -6.09. The van der Waals surface area contributed by atoms with Crippen molar-refractivity contribution >= 4 is 108 Å². The van der Waals surface area contributed by atoms with Gasteiger partial charge >= 0.3 is 15.2 Å². The minimum atomic E-state index is -3.36. The molecular weight excluding hydrogens is 824 g/mol. The quantitative estimate of drug-likeness (QED) is 0.206. The maximum absolute atomic E-state index is 7.30. The van der Waals surface area contributed by atoms with Crippen molar-refractivity contribution in [2.45, 2.75) is 0 Å². The molecule has 2 bridgehead atoms. The van der Waals surface area contributed by atoms with Gasteiger partial charge in [0.25, 0.3) is 19.5 Å². The summed E-state index contributed by atoms with van der Waals surface area (Å²) in [5.41, 5.74) is -0.823. The standard InChI is InChI=1S/C29H29Cl4N6O4P6/c30-46(31)34-44(25-13-5-1-6-14-25,26-15-7-2-8-16-26)37-49(38-46)42-23-29(24-43-49)21-40-47(32)35-45(27-17-9-3-10-18-27,28-19-11-4-12-20-28)36-48(33,39-47)41-22-29/h1-20,39H,21-24H2/q+1/t29?,47-,48+,49?. The smallest absolute Gasteiger partial charge is 0.318 e. The van der Waals surface area contributed by atoms with Crippen LogP contribution in [0.25, 0.3) is 0 Å². The van der Waals surface area contributed by atoms with Crippen LogP contribution in [0.15, 0.2) is 144 Å². The third-order valence-electron chi connectivity index (χ3n) is 8.06. The van der Waals surface area contributed by atoms with Gasteiger partial charge in [-0.25, -0.2) is 4.52 Å². The average molecular weight is 853 g/mol. The number of hydrogen-bond donors (Lipinski definition) is 1. The molecule has 2 atom stereocenters. The number of nitrogens with one attached hydrogen (secondary N) is 1. The molecule has 0 aliphatic carbocycles. The summed E-state index contributed by atoms with van der Waals surface area (Å²) in [7, 11) is -9.14. The zero-order valence-electron chi connectivity index (χ0n) is 25.4. The zero-order valence-corrected chi connectivity index (χ0v) is 33.8. The molecule has 49 heavy (non-hydrogen) atoms. The van der Waals surface area contributed by atoms with E-state index in [1.54, 1.807) is 0 Å². The molecule has 0 radical (unpaired) electrons. The van der Waals surface area contributed by atoms with E-state index in [4.69, 9.17) is 81.1 Å². The molecule has 256 valence electrons. The summed E-state index contributed by atoms with van der Waals surface area (Å²) in [4.78, 5) is 3.19. The normalized spacial score (nSPS) is 28.7. The van der Waals surface area contributed by atoms with Crippen LogP contribution in [0.3, 0.4) is 0 Å². The second-order valence-electron chi connectivity index (χ2n) is 11.6. The first-order chi connectivity index (χ1) is 23.5. The van der Waals surface area contributed by atoms with Crippen molar-refractivity contribution in [2.24, 2.45) is 28.0 Å². The van der Waals surface area contributed by atoms with Crippen LogP contribution in [0.2, 0.25) is 0 Å². The molecule has 4 heterocycles. The summed E-state index contributed by atoms with van der Waals surface area (Å²) in [6.07, 6.45) is 0. The molecule has 10 nitrogen and oxygen atoms in total. The van der Waals surface area contributed by atoms with Gasteiger partial charge in [-0.15, -0.1) is 0 Å². The summed E-state index contributed by atoms with van der Waals surface area (Å²) >= 11 is 28.4. The fourth-order valence-electron chi connectivity index (χ4n) is 5.69. The fraction of sp³-hybridized carbons (Fsp3) is 0.172. The van der Waals surface area contributed by atoms with E-state index in [-0.39, 0.29) is 26.4 Å². The van der Waals surface area contributed by atoms with Crippen molar-refractivity contribution in [2.75, 3.05) is 26.4 Å². The fourth-order valence-corrected chi connectivity index (χ4v) is 33.5. The summed E-state index contributed by atoms with van der Waals surface area (Å²) < 4.78 is 51.6. The Labute approximate surface area is 305 Å². The van der Waals surface area contributed by atoms with Gasteiger partial charge in [0.1, 0.15) is 17.8 Å². The number of halogens is 4. The maximum Gasteiger partial charge on any atom is 0.344 e. The Bertz CT molecular complexity index is 2060. The first kappa shape index (κ1) is 35.4. The second kappa shape index (κ2) is 13.4. The monoisotopic (exact) mass is 851 g/mol. The molecule has 2 fully saturated rings. The van der Waals surface area contributed by atoms with Crippen molar-refractivity contribution in [1.29, 1.82) is 0 Å². The molecular formula is C29H29Cl4N6O4P6+. The highest BCUT2D eigenvalue weighted by molar-refractivity contribution is 8.14. The number of rotatable bonds is 4. The Kier molecular flexibility index (Phi) is 9.67. The molecule has 0 amide bonds. The van der Waals surface area contributed by atoms with Gasteiger partial charge in [0.2, 0.25) is 0 Å². The predicted molar refractivity (Wildman–Crippen MR) is 211 cm³/mol. The average Bonchev–Trinajstić information content (AvgIpc) is 3.11. The minimum absolute atomic E-state index is 0.102. The highest BCUT2D eigenvalue weighted by Gasteiger charge is 2.57. The Hall–Kier alpha value is -0.580. The first-order valence-corrected chi connectivity index (χ1v) is 28.5. The third kappa shape index (κ3) is 6.86. The largest absolute Gasteiger partial charge is 0.344 e. The lowest BCUT2D eigenvalue weighted by Gasteiger charge is -2.44. The lowest BCUT2D eigenvalue weighted by Crippen LogP contribution is -2.44. The van der Waals surface area contributed by atoms with Crippen LogP contribution < -0.4 is 26.1 Å². The van der Waals surface area contributed by atoms with Gasteiger partial charge < -0.3 is 18.1 Å². The van der Waals surface area contributed by atoms with Crippen LogP contribution in [0.4, 0.5) is 0 Å². The zero-order chi connectivity index (χ0) is 33.9. The lowest BCUT2D eigenvalue weighted by atomic mass is 9.93. The van der Waals surface area contributed by atoms with E-state index in [0.717, 1.165) is 21.2 Å². The molecule has 4 aromatic carbocycles. The molecule has 0 saturated carbocycles. The highest BCUT2D eigenvalue weighted by atomic mass is 35.9. The summed E-state index contributed by atoms with van der Waals surface area (Å²) in [6, 6.07) is 39.2. The molecule has 4 aromatic rings. The van der Waals surface area contributed by atoms with Gasteiger partial charge in [-0.05, 0) is 69.2 Å². The molecule has 8 rings (SSSR count). The topological polar surface area (TPSA) is 111 Å². The van der Waals surface area contributed by atoms with E-state index in [1.807, 2.05) is 121 Å². The van der Waals surface area contributed by atoms with Crippen molar-refractivity contribution in [3.63, 3.8) is 0 Å². The van der Waals surface area contributed by atoms with E-state index in [1.165, 1.54) is 0 Å². The Morgan fingerprint density at radius 2 is 0.939 bits per heavy atom. The van der Waals surface area contributed by atoms with E-state index >= 15 is 0 Å². The van der Waals surface area contributed by atoms with Crippen molar-refractivity contribution in [1.82, 2.24) is 4.86 Å². The van der Waals surface area contributed by atoms with E-state index in [9.17, 15) is 0 Å². The third-order valence-corrected chi connectivity index (χ3v) is 31.1. The van der Waals surface area contributed by atoms with Crippen LogP contribution in [0, 0.1) is 5.41 Å². The molecule has 0 unspecified atom stereocenters. The maximum atomic E-state index is 7.30. The molecule has 2 spiro atoms. The second-order valence-corrected chi connectivity index (χ2v) is 31.5. The number of hydrogen-bond acceptors (Lipinski definition) is 10. The number of benzene rings is 4. The van der Waals surface area contributed by atoms with Gasteiger partial charge in [0.05, 0.1) is 31.8 Å². The van der Waals surface area contributed by atoms with Gasteiger partial charge in [-0.3, -0.25) is 0 Å². The SMILES string of the molecule is ClP1(Cl)=NP(c2ccccc2)(c2ccccc2)=NP2(=N1)OCC1(CO2)CO[P@@]2(Cl)=N[P+](c3ccccc3)(c3ccccc3)N=[P@](Cl)(N2)OC1. The first-order valence-electron chi connectivity index (χ1n) is 15.0. The van der Waals surface area contributed by atoms with Crippen molar-refractivity contribution in [3.8, 4) is 0 Å². The molecule has 2 saturated heterocycles. The molecule has 0 aromatic heterocycles. The van der Waals surface area contributed by atoms with Crippen molar-refractivity contribution < 1.29 is 18.1 Å². The Morgan fingerprint density at radius 3 is 1.39 bits per heavy atom. The van der Waals surface area contributed by atoms with Crippen LogP contribution in [0.5, 0.6) is 0 Å². The van der Waals surface area contributed by atoms with Gasteiger partial charge in [0, 0.05) is 10.6 Å². The molecule has 4 aliphatic heterocycles. The van der Waals surface area contributed by atoms with Gasteiger partial charge in [-0.2, -0.15) is 13.9 Å². The van der Waals surface area contributed by atoms with E-state index < -0.39 is 47.3 Å². The van der Waals surface area contributed by atoms with Crippen LogP contribution in [-0.2, 0) is 18.1 Å². The van der Waals surface area contributed by atoms with Crippen molar-refractivity contribution in [3.05, 3.63) is 121 Å². The summed E-state index contributed by atoms with van der Waals surface area (Å²) in [5, 5.41) is 3.55. The number of fused-ring (bicyclic) bond motifs is 2. The minimum Gasteiger partial charge on any atom is -0.318 e. The molecule has 20 heteroatoms. The Balaban J connectivity index is 1.17. The van der Waals surface area contributed by atoms with Crippen LogP contribution >= 0.6 is 86.9 Å². The number of nitrogens with zero attached hydrogens (tertiary/aromatic N) is 5. The van der Waals surface area contributed by atoms with Crippen LogP contribution in [0.1, 0.15) is 0 Å². The van der Waals surface area contributed by atoms with E-state index in [0.29, 0.717) is 0 Å². The Morgan fingerprint density at radius 1 is 0.531 bits per heavy atom. The molecule has 1 N–H and O–H groups in total. The van der Waals surface area contributed by atoms with Gasteiger partial charge in [0.15, 0.2) is 0 Å².